The Morgan fingerprint density at radius 1 is 0.917 bits per heavy atom. The van der Waals surface area contributed by atoms with Crippen LogP contribution >= 0.6 is 0 Å². The molecule has 0 spiro atoms. The second-order valence-electron chi connectivity index (χ2n) is 8.64. The lowest BCUT2D eigenvalue weighted by Gasteiger charge is -2.20. The summed E-state index contributed by atoms with van der Waals surface area (Å²) in [4.78, 5) is 36.7. The van der Waals surface area contributed by atoms with E-state index in [1.807, 2.05) is 43.3 Å². The first-order valence-corrected chi connectivity index (χ1v) is 11.6. The predicted octanol–water partition coefficient (Wildman–Crippen LogP) is 2.86. The van der Waals surface area contributed by atoms with Crippen molar-refractivity contribution in [3.8, 4) is 5.75 Å². The van der Waals surface area contributed by atoms with Crippen molar-refractivity contribution in [3.63, 3.8) is 0 Å². The maximum Gasteiger partial charge on any atom is 0.340 e. The smallest absolute Gasteiger partial charge is 0.340 e. The molecule has 1 amide bonds. The minimum Gasteiger partial charge on any atom is -0.548 e. The van der Waals surface area contributed by atoms with Crippen LogP contribution in [-0.4, -0.2) is 24.5 Å². The third kappa shape index (κ3) is 5.63. The van der Waals surface area contributed by atoms with Gasteiger partial charge in [-0.15, -0.1) is 0 Å². The Labute approximate surface area is 208 Å². The Bertz CT molecular complexity index is 1440. The lowest BCUT2D eigenvalue weighted by molar-refractivity contribution is -0.308. The van der Waals surface area contributed by atoms with Gasteiger partial charge in [-0.25, -0.2) is 4.79 Å². The average Bonchev–Trinajstić information content (AvgIpc) is 2.87. The molecular formula is C29H26NO6-. The van der Waals surface area contributed by atoms with Crippen molar-refractivity contribution in [3.05, 3.63) is 111 Å². The van der Waals surface area contributed by atoms with Gasteiger partial charge in [0.2, 0.25) is 0 Å². The number of carboxylic acids is 1. The molecule has 3 aromatic carbocycles. The molecule has 7 heteroatoms. The molecule has 7 nitrogen and oxygen atoms in total. The lowest BCUT2D eigenvalue weighted by Crippen LogP contribution is -2.50. The zero-order valence-electron chi connectivity index (χ0n) is 20.1. The van der Waals surface area contributed by atoms with Gasteiger partial charge < -0.3 is 24.4 Å². The van der Waals surface area contributed by atoms with Crippen LogP contribution < -0.4 is 20.8 Å². The molecular weight excluding hydrogens is 458 g/mol. The number of carbonyl (C=O) groups excluding carboxylic acids is 2. The quantitative estimate of drug-likeness (QED) is 0.366. The molecule has 0 bridgehead atoms. The van der Waals surface area contributed by atoms with Gasteiger partial charge in [0.05, 0.1) is 12.0 Å². The zero-order chi connectivity index (χ0) is 25.7. The number of rotatable bonds is 9. The molecule has 0 saturated heterocycles. The van der Waals surface area contributed by atoms with Crippen LogP contribution in [0.4, 0.5) is 0 Å². The molecule has 184 valence electrons. The summed E-state index contributed by atoms with van der Waals surface area (Å²) in [6.07, 6.45) is 0.560. The second-order valence-corrected chi connectivity index (χ2v) is 8.64. The molecule has 0 aliphatic heterocycles. The third-order valence-electron chi connectivity index (χ3n) is 6.14. The van der Waals surface area contributed by atoms with Crippen molar-refractivity contribution in [1.82, 2.24) is 5.32 Å². The van der Waals surface area contributed by atoms with Crippen molar-refractivity contribution in [2.75, 3.05) is 6.61 Å². The van der Waals surface area contributed by atoms with Gasteiger partial charge in [0.1, 0.15) is 11.3 Å². The highest BCUT2D eigenvalue weighted by molar-refractivity contribution is 5.86. The first kappa shape index (κ1) is 24.7. The van der Waals surface area contributed by atoms with Crippen LogP contribution in [0.3, 0.4) is 0 Å². The van der Waals surface area contributed by atoms with Crippen LogP contribution in [0.15, 0.2) is 82.0 Å². The molecule has 1 aromatic heterocycles. The number of aliphatic carboxylic acids is 1. The SMILES string of the molecule is Cc1c(Cc2ccccc2)c(=O)oc2c(C)c(OCC(=O)N[C@@H](Cc3ccccc3)C(=O)[O-])ccc12. The maximum absolute atomic E-state index is 12.8. The highest BCUT2D eigenvalue weighted by Crippen LogP contribution is 2.30. The molecule has 4 rings (SSSR count). The molecule has 1 atom stereocenters. The third-order valence-corrected chi connectivity index (χ3v) is 6.14. The van der Waals surface area contributed by atoms with E-state index in [1.54, 1.807) is 43.3 Å². The van der Waals surface area contributed by atoms with E-state index in [9.17, 15) is 19.5 Å². The van der Waals surface area contributed by atoms with Crippen molar-refractivity contribution >= 4 is 22.8 Å². The molecule has 4 aromatic rings. The molecule has 1 heterocycles. The molecule has 1 N–H and O–H groups in total. The fraction of sp³-hybridized carbons (Fsp3) is 0.207. The Morgan fingerprint density at radius 2 is 1.56 bits per heavy atom. The van der Waals surface area contributed by atoms with E-state index in [4.69, 9.17) is 9.15 Å². The number of ether oxygens (including phenoxy) is 1. The lowest BCUT2D eigenvalue weighted by atomic mass is 9.98. The van der Waals surface area contributed by atoms with Crippen molar-refractivity contribution in [2.24, 2.45) is 0 Å². The van der Waals surface area contributed by atoms with E-state index in [1.165, 1.54) is 0 Å². The van der Waals surface area contributed by atoms with Gasteiger partial charge in [-0.3, -0.25) is 4.79 Å². The molecule has 0 fully saturated rings. The van der Waals surface area contributed by atoms with Gasteiger partial charge in [0, 0.05) is 22.9 Å². The van der Waals surface area contributed by atoms with Crippen molar-refractivity contribution < 1.29 is 23.8 Å². The fourth-order valence-corrected chi connectivity index (χ4v) is 4.15. The van der Waals surface area contributed by atoms with Crippen LogP contribution in [0, 0.1) is 13.8 Å². The fourth-order valence-electron chi connectivity index (χ4n) is 4.15. The van der Waals surface area contributed by atoms with E-state index in [0.717, 1.165) is 22.1 Å². The van der Waals surface area contributed by atoms with E-state index in [2.05, 4.69) is 5.32 Å². The number of carbonyl (C=O) groups is 2. The Balaban J connectivity index is 1.48. The minimum absolute atomic E-state index is 0.0969. The molecule has 0 aliphatic carbocycles. The van der Waals surface area contributed by atoms with Crippen LogP contribution in [-0.2, 0) is 22.4 Å². The summed E-state index contributed by atoms with van der Waals surface area (Å²) in [5.74, 6) is -1.61. The minimum atomic E-state index is -1.38. The Hall–Kier alpha value is -4.39. The normalized spacial score (nSPS) is 11.7. The van der Waals surface area contributed by atoms with Crippen molar-refractivity contribution in [2.45, 2.75) is 32.7 Å². The molecule has 36 heavy (non-hydrogen) atoms. The summed E-state index contributed by atoms with van der Waals surface area (Å²) >= 11 is 0. The number of benzene rings is 3. The standard InChI is InChI=1S/C29H27NO6/c1-18-22-13-14-25(19(2)27(22)36-29(34)23(18)15-20-9-5-3-6-10-20)35-17-26(31)30-24(28(32)33)16-21-11-7-4-8-12-21/h3-14,24H,15-17H2,1-2H3,(H,30,31)(H,32,33)/p-1/t24-/m0/s1. The zero-order valence-corrected chi connectivity index (χ0v) is 20.1. The number of amides is 1. The monoisotopic (exact) mass is 484 g/mol. The Kier molecular flexibility index (Phi) is 7.49. The summed E-state index contributed by atoms with van der Waals surface area (Å²) in [7, 11) is 0. The van der Waals surface area contributed by atoms with E-state index >= 15 is 0 Å². The Morgan fingerprint density at radius 3 is 2.19 bits per heavy atom. The average molecular weight is 485 g/mol. The number of hydrogen-bond donors (Lipinski definition) is 1. The van der Waals surface area contributed by atoms with Crippen LogP contribution in [0.5, 0.6) is 5.75 Å². The van der Waals surface area contributed by atoms with Crippen LogP contribution in [0.1, 0.15) is 27.8 Å². The van der Waals surface area contributed by atoms with Gasteiger partial charge in [0.25, 0.3) is 5.91 Å². The highest BCUT2D eigenvalue weighted by Gasteiger charge is 2.18. The molecule has 0 aliphatic rings. The van der Waals surface area contributed by atoms with Gasteiger partial charge >= 0.3 is 5.63 Å². The number of nitrogens with one attached hydrogen (secondary N) is 1. The first-order valence-electron chi connectivity index (χ1n) is 11.6. The van der Waals surface area contributed by atoms with Gasteiger partial charge in [-0.2, -0.15) is 0 Å². The maximum atomic E-state index is 12.8. The van der Waals surface area contributed by atoms with Gasteiger partial charge in [0.15, 0.2) is 6.61 Å². The van der Waals surface area contributed by atoms with Crippen LogP contribution in [0.2, 0.25) is 0 Å². The number of fused-ring (bicyclic) bond motifs is 1. The van der Waals surface area contributed by atoms with Crippen LogP contribution in [0.25, 0.3) is 11.0 Å². The largest absolute Gasteiger partial charge is 0.548 e. The predicted molar refractivity (Wildman–Crippen MR) is 134 cm³/mol. The number of aryl methyl sites for hydroxylation is 2. The highest BCUT2D eigenvalue weighted by atomic mass is 16.5. The van der Waals surface area contributed by atoms with E-state index < -0.39 is 30.2 Å². The summed E-state index contributed by atoms with van der Waals surface area (Å²) < 4.78 is 11.3. The molecule has 0 saturated carbocycles. The first-order chi connectivity index (χ1) is 17.3. The molecule has 0 radical (unpaired) electrons. The summed E-state index contributed by atoms with van der Waals surface area (Å²) in [5.41, 5.74) is 3.74. The summed E-state index contributed by atoms with van der Waals surface area (Å²) in [6.45, 7) is 3.23. The molecule has 0 unspecified atom stereocenters. The van der Waals surface area contributed by atoms with Gasteiger partial charge in [-0.05, 0) is 49.1 Å². The van der Waals surface area contributed by atoms with Crippen molar-refractivity contribution in [1.29, 1.82) is 0 Å². The van der Waals surface area contributed by atoms with E-state index in [-0.39, 0.29) is 6.42 Å². The topological polar surface area (TPSA) is 109 Å². The van der Waals surface area contributed by atoms with E-state index in [0.29, 0.717) is 28.9 Å². The number of carboxylic acid groups (broad SMARTS) is 1. The van der Waals surface area contributed by atoms with Gasteiger partial charge in [-0.1, -0.05) is 60.7 Å². The summed E-state index contributed by atoms with van der Waals surface area (Å²) in [6, 6.07) is 21.0. The summed E-state index contributed by atoms with van der Waals surface area (Å²) in [5, 5.41) is 14.7. The second kappa shape index (κ2) is 10.9. The number of hydrogen-bond acceptors (Lipinski definition) is 6.